The summed E-state index contributed by atoms with van der Waals surface area (Å²) in [5.74, 6) is -0.512. The van der Waals surface area contributed by atoms with Crippen molar-refractivity contribution in [3.63, 3.8) is 0 Å². The van der Waals surface area contributed by atoms with Crippen LogP contribution in [0.4, 0.5) is 5.69 Å². The van der Waals surface area contributed by atoms with Crippen molar-refractivity contribution in [3.05, 3.63) is 64.7 Å². The lowest BCUT2D eigenvalue weighted by molar-refractivity contribution is -0.121. The summed E-state index contributed by atoms with van der Waals surface area (Å²) in [7, 11) is -3.64. The fraction of sp³-hybridized carbons (Fsp3) is 0.300. The summed E-state index contributed by atoms with van der Waals surface area (Å²) < 4.78 is 25.5. The number of aryl methyl sites for hydroxylation is 1. The summed E-state index contributed by atoms with van der Waals surface area (Å²) in [5.41, 5.74) is 7.21. The number of benzene rings is 2. The molecule has 0 bridgehead atoms. The van der Waals surface area contributed by atoms with Gasteiger partial charge in [-0.1, -0.05) is 30.3 Å². The van der Waals surface area contributed by atoms with Crippen molar-refractivity contribution >= 4 is 27.8 Å². The second-order valence-corrected chi connectivity index (χ2v) is 8.39. The Morgan fingerprint density at radius 2 is 1.70 bits per heavy atom. The molecule has 0 unspecified atom stereocenters. The maximum Gasteiger partial charge on any atom is 0.263 e. The summed E-state index contributed by atoms with van der Waals surface area (Å²) in [4.78, 5) is 12.5. The minimum Gasteiger partial charge on any atom is -0.271 e. The van der Waals surface area contributed by atoms with Gasteiger partial charge < -0.3 is 0 Å². The number of carbonyl (C=O) groups is 1. The molecule has 2 aromatic rings. The van der Waals surface area contributed by atoms with E-state index in [-0.39, 0.29) is 0 Å². The Bertz CT molecular complexity index is 954. The number of nitrogens with zero attached hydrogens (tertiary/aromatic N) is 2. The van der Waals surface area contributed by atoms with Crippen LogP contribution in [-0.4, -0.2) is 32.8 Å². The fourth-order valence-corrected chi connectivity index (χ4v) is 3.93. The average molecular weight is 388 g/mol. The monoisotopic (exact) mass is 387 g/mol. The van der Waals surface area contributed by atoms with E-state index in [1.807, 2.05) is 32.9 Å². The maximum absolute atomic E-state index is 12.5. The lowest BCUT2D eigenvalue weighted by Crippen LogP contribution is -2.46. The maximum atomic E-state index is 12.5. The molecular formula is C20H25N3O3S. The smallest absolute Gasteiger partial charge is 0.263 e. The normalized spacial score (nSPS) is 12.8. The van der Waals surface area contributed by atoms with E-state index in [9.17, 15) is 13.2 Å². The highest BCUT2D eigenvalue weighted by Gasteiger charge is 2.28. The fourth-order valence-electron chi connectivity index (χ4n) is 2.76. The molecule has 0 aliphatic heterocycles. The first kappa shape index (κ1) is 20.6. The van der Waals surface area contributed by atoms with Gasteiger partial charge in [-0.2, -0.15) is 5.10 Å². The topological polar surface area (TPSA) is 78.8 Å². The molecule has 7 heteroatoms. The largest absolute Gasteiger partial charge is 0.271 e. The zero-order valence-corrected chi connectivity index (χ0v) is 17.0. The minimum atomic E-state index is -3.64. The van der Waals surface area contributed by atoms with E-state index in [2.05, 4.69) is 10.5 Å². The summed E-state index contributed by atoms with van der Waals surface area (Å²) in [6.45, 7) is 7.59. The van der Waals surface area contributed by atoms with Crippen molar-refractivity contribution in [2.75, 3.05) is 10.6 Å². The van der Waals surface area contributed by atoms with Gasteiger partial charge in [0.15, 0.2) is 0 Å². The van der Waals surface area contributed by atoms with Gasteiger partial charge in [0, 0.05) is 0 Å². The van der Waals surface area contributed by atoms with Crippen LogP contribution in [-0.2, 0) is 14.8 Å². The van der Waals surface area contributed by atoms with Crippen molar-refractivity contribution in [1.29, 1.82) is 0 Å². The molecule has 2 rings (SSSR count). The Kier molecular flexibility index (Phi) is 6.38. The highest BCUT2D eigenvalue weighted by molar-refractivity contribution is 7.92. The standard InChI is InChI=1S/C20H25N3O3S/c1-14-11-12-18(16(3)15(14)2)13-21-22-20(24)17(4)23(27(5,25)26)19-9-7-6-8-10-19/h6-13,17H,1-5H3,(H,22,24)/b21-13-/t17-/m0/s1. The van der Waals surface area contributed by atoms with Crippen LogP contribution in [0.15, 0.2) is 47.6 Å². The van der Waals surface area contributed by atoms with E-state index in [1.54, 1.807) is 36.5 Å². The molecule has 0 aliphatic rings. The highest BCUT2D eigenvalue weighted by atomic mass is 32.2. The third kappa shape index (κ3) is 4.95. The Labute approximate surface area is 161 Å². The Balaban J connectivity index is 2.18. The van der Waals surface area contributed by atoms with E-state index in [0.717, 1.165) is 21.7 Å². The van der Waals surface area contributed by atoms with Crippen LogP contribution in [0.25, 0.3) is 0 Å². The SMILES string of the molecule is Cc1ccc(/C=N\NC(=O)[C@H](C)N(c2ccccc2)S(C)(=O)=O)c(C)c1C. The second-order valence-electron chi connectivity index (χ2n) is 6.53. The average Bonchev–Trinajstić information content (AvgIpc) is 2.61. The zero-order valence-electron chi connectivity index (χ0n) is 16.2. The Morgan fingerprint density at radius 1 is 1.07 bits per heavy atom. The number of amides is 1. The van der Waals surface area contributed by atoms with Crippen LogP contribution >= 0.6 is 0 Å². The van der Waals surface area contributed by atoms with Gasteiger partial charge in [0.2, 0.25) is 10.0 Å². The van der Waals surface area contributed by atoms with Gasteiger partial charge >= 0.3 is 0 Å². The zero-order chi connectivity index (χ0) is 20.2. The van der Waals surface area contributed by atoms with Gasteiger partial charge in [0.1, 0.15) is 6.04 Å². The van der Waals surface area contributed by atoms with E-state index in [1.165, 1.54) is 18.1 Å². The molecule has 6 nitrogen and oxygen atoms in total. The second kappa shape index (κ2) is 8.35. The summed E-state index contributed by atoms with van der Waals surface area (Å²) in [6, 6.07) is 11.5. The quantitative estimate of drug-likeness (QED) is 0.611. The van der Waals surface area contributed by atoms with Crippen molar-refractivity contribution in [2.45, 2.75) is 33.7 Å². The van der Waals surface area contributed by atoms with Gasteiger partial charge in [0.25, 0.3) is 5.91 Å². The van der Waals surface area contributed by atoms with E-state index >= 15 is 0 Å². The molecule has 0 heterocycles. The number of hydrogen-bond acceptors (Lipinski definition) is 4. The first-order chi connectivity index (χ1) is 12.6. The van der Waals surface area contributed by atoms with Crippen LogP contribution in [0.2, 0.25) is 0 Å². The van der Waals surface area contributed by atoms with Crippen molar-refractivity contribution in [3.8, 4) is 0 Å². The van der Waals surface area contributed by atoms with Crippen LogP contribution in [0, 0.1) is 20.8 Å². The van der Waals surface area contributed by atoms with Gasteiger partial charge in [-0.15, -0.1) is 0 Å². The van der Waals surface area contributed by atoms with Crippen molar-refractivity contribution in [2.24, 2.45) is 5.10 Å². The third-order valence-electron chi connectivity index (χ3n) is 4.58. The van der Waals surface area contributed by atoms with Crippen LogP contribution in [0.1, 0.15) is 29.2 Å². The molecule has 0 aliphatic carbocycles. The Morgan fingerprint density at radius 3 is 2.30 bits per heavy atom. The van der Waals surface area contributed by atoms with E-state index in [0.29, 0.717) is 5.69 Å². The lowest BCUT2D eigenvalue weighted by Gasteiger charge is -2.27. The Hall–Kier alpha value is -2.67. The summed E-state index contributed by atoms with van der Waals surface area (Å²) in [5, 5.41) is 4.01. The number of para-hydroxylation sites is 1. The van der Waals surface area contributed by atoms with Crippen molar-refractivity contribution in [1.82, 2.24) is 5.43 Å². The molecule has 0 saturated carbocycles. The molecule has 0 saturated heterocycles. The predicted octanol–water partition coefficient (Wildman–Crippen LogP) is 2.92. The minimum absolute atomic E-state index is 0.427. The molecule has 0 fully saturated rings. The molecule has 144 valence electrons. The summed E-state index contributed by atoms with van der Waals surface area (Å²) in [6.07, 6.45) is 2.64. The van der Waals surface area contributed by atoms with Gasteiger partial charge in [-0.3, -0.25) is 9.10 Å². The molecular weight excluding hydrogens is 362 g/mol. The highest BCUT2D eigenvalue weighted by Crippen LogP contribution is 2.20. The van der Waals surface area contributed by atoms with Crippen LogP contribution in [0.5, 0.6) is 0 Å². The molecule has 0 radical (unpaired) electrons. The molecule has 0 spiro atoms. The van der Waals surface area contributed by atoms with Crippen LogP contribution < -0.4 is 9.73 Å². The molecule has 1 amide bonds. The lowest BCUT2D eigenvalue weighted by atomic mass is 10.00. The molecule has 2 aromatic carbocycles. The number of hydrogen-bond donors (Lipinski definition) is 1. The third-order valence-corrected chi connectivity index (χ3v) is 5.82. The first-order valence-corrected chi connectivity index (χ1v) is 10.4. The van der Waals surface area contributed by atoms with E-state index in [4.69, 9.17) is 0 Å². The molecule has 0 aromatic heterocycles. The molecule has 1 atom stereocenters. The number of nitrogens with one attached hydrogen (secondary N) is 1. The molecule has 1 N–H and O–H groups in total. The molecule has 27 heavy (non-hydrogen) atoms. The first-order valence-electron chi connectivity index (χ1n) is 8.57. The predicted molar refractivity (Wildman–Crippen MR) is 110 cm³/mol. The number of rotatable bonds is 6. The van der Waals surface area contributed by atoms with Gasteiger partial charge in [0.05, 0.1) is 18.2 Å². The number of hydrazone groups is 1. The van der Waals surface area contributed by atoms with E-state index < -0.39 is 22.0 Å². The van der Waals surface area contributed by atoms with Crippen LogP contribution in [0.3, 0.4) is 0 Å². The number of sulfonamides is 1. The van der Waals surface area contributed by atoms with Gasteiger partial charge in [-0.05, 0) is 62.1 Å². The van der Waals surface area contributed by atoms with Crippen molar-refractivity contribution < 1.29 is 13.2 Å². The number of carbonyl (C=O) groups excluding carboxylic acids is 1. The summed E-state index contributed by atoms with van der Waals surface area (Å²) >= 11 is 0. The van der Waals surface area contributed by atoms with Gasteiger partial charge in [-0.25, -0.2) is 13.8 Å². The number of anilines is 1.